The molecule has 1 N–H and O–H groups in total. The molecular weight excluding hydrogens is 460 g/mol. The third-order valence-corrected chi connectivity index (χ3v) is 6.25. The molecule has 0 bridgehead atoms. The quantitative estimate of drug-likeness (QED) is 0.432. The molecule has 2 amide bonds. The summed E-state index contributed by atoms with van der Waals surface area (Å²) in [4.78, 5) is 19.6. The SMILES string of the molecule is COc1cccc(C2NC(=O)N(CCC(C)C)C(C)=C2c2nc(-c3ccc(OC)c(OC)c3)no2)c1. The highest BCUT2D eigenvalue weighted by Gasteiger charge is 2.36. The Labute approximate surface area is 211 Å². The van der Waals surface area contributed by atoms with Gasteiger partial charge in [-0.05, 0) is 55.2 Å². The molecule has 4 rings (SSSR count). The minimum absolute atomic E-state index is 0.163. The number of amides is 2. The Hall–Kier alpha value is -4.01. The smallest absolute Gasteiger partial charge is 0.322 e. The fraction of sp³-hybridized carbons (Fsp3) is 0.370. The highest BCUT2D eigenvalue weighted by atomic mass is 16.5. The average Bonchev–Trinajstić information content (AvgIpc) is 3.37. The fourth-order valence-electron chi connectivity index (χ4n) is 4.21. The standard InChI is InChI=1S/C27H32N4O5/c1-16(2)12-13-31-17(3)23(24(28-27(31)32)18-8-7-9-20(14-18)33-4)26-29-25(30-36-26)19-10-11-21(34-5)22(15-19)35-6/h7-11,14-16,24H,12-13H2,1-6H3,(H,28,32). The maximum atomic E-state index is 13.1. The lowest BCUT2D eigenvalue weighted by atomic mass is 9.94. The van der Waals surface area contributed by atoms with Gasteiger partial charge < -0.3 is 24.1 Å². The van der Waals surface area contributed by atoms with E-state index in [4.69, 9.17) is 23.7 Å². The van der Waals surface area contributed by atoms with Gasteiger partial charge in [-0.15, -0.1) is 0 Å². The summed E-state index contributed by atoms with van der Waals surface area (Å²) < 4.78 is 21.9. The summed E-state index contributed by atoms with van der Waals surface area (Å²) in [6.45, 7) is 6.77. The van der Waals surface area contributed by atoms with Crippen molar-refractivity contribution in [3.05, 3.63) is 59.6 Å². The molecule has 0 aliphatic carbocycles. The Kier molecular flexibility index (Phi) is 7.47. The van der Waals surface area contributed by atoms with Crippen LogP contribution >= 0.6 is 0 Å². The van der Waals surface area contributed by atoms with Crippen molar-refractivity contribution in [1.29, 1.82) is 0 Å². The van der Waals surface area contributed by atoms with Crippen molar-refractivity contribution in [2.24, 2.45) is 5.92 Å². The molecule has 36 heavy (non-hydrogen) atoms. The number of ether oxygens (including phenoxy) is 3. The van der Waals surface area contributed by atoms with Crippen molar-refractivity contribution in [1.82, 2.24) is 20.4 Å². The molecule has 1 aliphatic heterocycles. The van der Waals surface area contributed by atoms with Crippen molar-refractivity contribution in [3.8, 4) is 28.6 Å². The third-order valence-electron chi connectivity index (χ3n) is 6.25. The van der Waals surface area contributed by atoms with Crippen LogP contribution in [-0.2, 0) is 0 Å². The number of carbonyl (C=O) groups excluding carboxylic acids is 1. The molecule has 9 heteroatoms. The van der Waals surface area contributed by atoms with E-state index in [1.807, 2.05) is 37.3 Å². The summed E-state index contributed by atoms with van der Waals surface area (Å²) in [5.41, 5.74) is 3.09. The summed E-state index contributed by atoms with van der Waals surface area (Å²) in [6.07, 6.45) is 0.864. The second kappa shape index (κ2) is 10.7. The van der Waals surface area contributed by atoms with Crippen molar-refractivity contribution in [2.75, 3.05) is 27.9 Å². The number of benzene rings is 2. The van der Waals surface area contributed by atoms with Crippen LogP contribution in [0.3, 0.4) is 0 Å². The van der Waals surface area contributed by atoms with E-state index in [-0.39, 0.29) is 6.03 Å². The van der Waals surface area contributed by atoms with Crippen LogP contribution in [0.4, 0.5) is 4.79 Å². The number of allylic oxidation sites excluding steroid dienone is 1. The van der Waals surface area contributed by atoms with E-state index in [1.54, 1.807) is 38.4 Å². The van der Waals surface area contributed by atoms with E-state index in [0.717, 1.165) is 28.8 Å². The number of nitrogens with one attached hydrogen (secondary N) is 1. The van der Waals surface area contributed by atoms with E-state index in [2.05, 4.69) is 24.3 Å². The summed E-state index contributed by atoms with van der Waals surface area (Å²) in [7, 11) is 4.77. The monoisotopic (exact) mass is 492 g/mol. The van der Waals surface area contributed by atoms with Crippen LogP contribution in [0.5, 0.6) is 17.2 Å². The first-order valence-corrected chi connectivity index (χ1v) is 11.9. The van der Waals surface area contributed by atoms with Crippen LogP contribution in [0.15, 0.2) is 52.7 Å². The molecule has 2 aromatic carbocycles. The second-order valence-corrected chi connectivity index (χ2v) is 8.99. The zero-order chi connectivity index (χ0) is 25.8. The maximum Gasteiger partial charge on any atom is 0.322 e. The fourth-order valence-corrected chi connectivity index (χ4v) is 4.21. The van der Waals surface area contributed by atoms with Crippen molar-refractivity contribution in [2.45, 2.75) is 33.2 Å². The molecule has 190 valence electrons. The summed E-state index contributed by atoms with van der Waals surface area (Å²) in [5, 5.41) is 7.36. The summed E-state index contributed by atoms with van der Waals surface area (Å²) in [6, 6.07) is 12.4. The lowest BCUT2D eigenvalue weighted by Gasteiger charge is -2.35. The molecule has 0 saturated heterocycles. The molecule has 2 heterocycles. The van der Waals surface area contributed by atoms with Crippen molar-refractivity contribution in [3.63, 3.8) is 0 Å². The van der Waals surface area contributed by atoms with Crippen LogP contribution in [-0.4, -0.2) is 48.9 Å². The van der Waals surface area contributed by atoms with Gasteiger partial charge in [0.15, 0.2) is 11.5 Å². The first-order valence-electron chi connectivity index (χ1n) is 11.9. The molecule has 1 aliphatic rings. The van der Waals surface area contributed by atoms with E-state index in [1.165, 1.54) is 0 Å². The summed E-state index contributed by atoms with van der Waals surface area (Å²) in [5.74, 6) is 3.05. The predicted octanol–water partition coefficient (Wildman–Crippen LogP) is 5.31. The zero-order valence-electron chi connectivity index (χ0n) is 21.5. The summed E-state index contributed by atoms with van der Waals surface area (Å²) >= 11 is 0. The molecule has 0 spiro atoms. The number of rotatable bonds is 9. The first-order chi connectivity index (χ1) is 17.4. The predicted molar refractivity (Wildman–Crippen MR) is 136 cm³/mol. The van der Waals surface area contributed by atoms with E-state index < -0.39 is 6.04 Å². The number of hydrogen-bond donors (Lipinski definition) is 1. The molecule has 3 aromatic rings. The van der Waals surface area contributed by atoms with Crippen LogP contribution in [0.2, 0.25) is 0 Å². The molecule has 1 atom stereocenters. The van der Waals surface area contributed by atoms with Gasteiger partial charge in [0.2, 0.25) is 5.82 Å². The molecule has 0 saturated carbocycles. The van der Waals surface area contributed by atoms with Crippen LogP contribution in [0.1, 0.15) is 44.7 Å². The third kappa shape index (κ3) is 5.00. The number of methoxy groups -OCH3 is 3. The van der Waals surface area contributed by atoms with E-state index in [9.17, 15) is 4.79 Å². The second-order valence-electron chi connectivity index (χ2n) is 8.99. The highest BCUT2D eigenvalue weighted by molar-refractivity contribution is 5.87. The van der Waals surface area contributed by atoms with Gasteiger partial charge in [-0.3, -0.25) is 4.90 Å². The van der Waals surface area contributed by atoms with Gasteiger partial charge >= 0.3 is 6.03 Å². The van der Waals surface area contributed by atoms with Gasteiger partial charge in [-0.25, -0.2) is 4.79 Å². The van der Waals surface area contributed by atoms with Crippen molar-refractivity contribution < 1.29 is 23.5 Å². The van der Waals surface area contributed by atoms with Gasteiger partial charge in [-0.2, -0.15) is 4.98 Å². The number of hydrogen-bond acceptors (Lipinski definition) is 7. The largest absolute Gasteiger partial charge is 0.497 e. The number of carbonyl (C=O) groups is 1. The van der Waals surface area contributed by atoms with Gasteiger partial charge in [0.05, 0.1) is 32.9 Å². The topological polar surface area (TPSA) is 99.0 Å². The molecule has 0 radical (unpaired) electrons. The van der Waals surface area contributed by atoms with Crippen molar-refractivity contribution >= 4 is 11.6 Å². The molecule has 0 fully saturated rings. The van der Waals surface area contributed by atoms with Gasteiger partial charge in [0, 0.05) is 17.8 Å². The number of nitrogens with zero attached hydrogens (tertiary/aromatic N) is 3. The Morgan fingerprint density at radius 2 is 1.83 bits per heavy atom. The minimum atomic E-state index is -0.485. The van der Waals surface area contributed by atoms with E-state index in [0.29, 0.717) is 41.4 Å². The Bertz CT molecular complexity index is 1270. The first kappa shape index (κ1) is 25.1. The molecule has 9 nitrogen and oxygen atoms in total. The Morgan fingerprint density at radius 1 is 1.06 bits per heavy atom. The van der Waals surface area contributed by atoms with Crippen LogP contribution < -0.4 is 19.5 Å². The van der Waals surface area contributed by atoms with Crippen LogP contribution in [0.25, 0.3) is 17.0 Å². The molecular formula is C27H32N4O5. The average molecular weight is 493 g/mol. The lowest BCUT2D eigenvalue weighted by molar-refractivity contribution is 0.202. The maximum absolute atomic E-state index is 13.1. The molecule has 1 unspecified atom stereocenters. The van der Waals surface area contributed by atoms with Gasteiger partial charge in [0.25, 0.3) is 5.89 Å². The van der Waals surface area contributed by atoms with Gasteiger partial charge in [-0.1, -0.05) is 31.1 Å². The Balaban J connectivity index is 1.79. The van der Waals surface area contributed by atoms with E-state index >= 15 is 0 Å². The highest BCUT2D eigenvalue weighted by Crippen LogP contribution is 2.39. The van der Waals surface area contributed by atoms with Crippen LogP contribution in [0, 0.1) is 5.92 Å². The normalized spacial score (nSPS) is 15.8. The Morgan fingerprint density at radius 3 is 2.53 bits per heavy atom. The lowest BCUT2D eigenvalue weighted by Crippen LogP contribution is -2.46. The number of urea groups is 1. The number of aromatic nitrogens is 2. The van der Waals surface area contributed by atoms with Gasteiger partial charge in [0.1, 0.15) is 5.75 Å². The zero-order valence-corrected chi connectivity index (χ0v) is 21.5. The molecule has 1 aromatic heterocycles. The minimum Gasteiger partial charge on any atom is -0.497 e.